The summed E-state index contributed by atoms with van der Waals surface area (Å²) in [5, 5.41) is 0.948. The van der Waals surface area contributed by atoms with E-state index in [-0.39, 0.29) is 11.5 Å². The highest BCUT2D eigenvalue weighted by Gasteiger charge is 2.60. The highest BCUT2D eigenvalue weighted by Crippen LogP contribution is 2.59. The van der Waals surface area contributed by atoms with Crippen LogP contribution in [0.15, 0.2) is 60.3 Å². The van der Waals surface area contributed by atoms with Crippen molar-refractivity contribution in [3.05, 3.63) is 70.7 Å². The third kappa shape index (κ3) is 1.93. The van der Waals surface area contributed by atoms with E-state index >= 15 is 0 Å². The van der Waals surface area contributed by atoms with E-state index < -0.39 is 0 Å². The van der Waals surface area contributed by atoms with E-state index in [1.54, 1.807) is 24.5 Å². The molecule has 27 heavy (non-hydrogen) atoms. The van der Waals surface area contributed by atoms with Crippen LogP contribution in [-0.4, -0.2) is 28.5 Å². The van der Waals surface area contributed by atoms with Gasteiger partial charge in [-0.1, -0.05) is 12.2 Å². The number of carbonyl (C=O) groups is 1. The molecule has 5 nitrogen and oxygen atoms in total. The van der Waals surface area contributed by atoms with Crippen LogP contribution in [0.2, 0.25) is 0 Å². The van der Waals surface area contributed by atoms with Gasteiger partial charge in [0.05, 0.1) is 23.6 Å². The summed E-state index contributed by atoms with van der Waals surface area (Å²) in [5.41, 5.74) is 2.93. The minimum Gasteiger partial charge on any atom is -0.496 e. The van der Waals surface area contributed by atoms with Crippen molar-refractivity contribution in [1.29, 1.82) is 0 Å². The monoisotopic (exact) mass is 376 g/mol. The van der Waals surface area contributed by atoms with Crippen LogP contribution in [0.25, 0.3) is 10.2 Å². The summed E-state index contributed by atoms with van der Waals surface area (Å²) in [4.78, 5) is 21.2. The summed E-state index contributed by atoms with van der Waals surface area (Å²) >= 11 is 1.44. The smallest absolute Gasteiger partial charge is 0.272 e. The molecule has 6 heteroatoms. The first-order valence-electron chi connectivity index (χ1n) is 8.94. The maximum Gasteiger partial charge on any atom is 0.272 e. The molecule has 0 radical (unpaired) electrons. The molecule has 0 aromatic carbocycles. The Morgan fingerprint density at radius 2 is 2.37 bits per heavy atom. The van der Waals surface area contributed by atoms with Crippen LogP contribution in [0, 0.1) is 5.92 Å². The van der Waals surface area contributed by atoms with E-state index in [0.29, 0.717) is 12.3 Å². The first kappa shape index (κ1) is 15.2. The molecule has 134 valence electrons. The average molecular weight is 376 g/mol. The molecule has 1 fully saturated rings. The van der Waals surface area contributed by atoms with Crippen LogP contribution >= 0.6 is 11.3 Å². The van der Waals surface area contributed by atoms with Gasteiger partial charge in [0.2, 0.25) is 0 Å². The number of carbonyl (C=O) groups excluding carboxylic acids is 1. The summed E-state index contributed by atoms with van der Waals surface area (Å²) in [5.74, 6) is 1.10. The zero-order valence-electron chi connectivity index (χ0n) is 14.6. The standard InChI is InChI=1S/C21H16N2O3S/c1-25-16-4-6-22-19-17(16)15-3-2-7-23(20(24)18(15)27-19)14-9-12-5-8-26-21(12)11-13(21)10-14/h2,4-10,13H,3,11H2,1H3. The summed E-state index contributed by atoms with van der Waals surface area (Å²) in [7, 11) is 1.65. The number of fused-ring (bicyclic) bond motifs is 3. The van der Waals surface area contributed by atoms with Gasteiger partial charge in [-0.3, -0.25) is 9.69 Å². The molecular weight excluding hydrogens is 360 g/mol. The molecule has 0 N–H and O–H groups in total. The first-order chi connectivity index (χ1) is 13.2. The Morgan fingerprint density at radius 1 is 1.44 bits per heavy atom. The highest BCUT2D eigenvalue weighted by molar-refractivity contribution is 7.20. The van der Waals surface area contributed by atoms with Crippen molar-refractivity contribution < 1.29 is 14.3 Å². The second-order valence-electron chi connectivity index (χ2n) is 7.18. The normalized spacial score (nSPS) is 27.4. The Bertz CT molecular complexity index is 1140. The van der Waals surface area contributed by atoms with Gasteiger partial charge in [0.1, 0.15) is 16.2 Å². The Morgan fingerprint density at radius 3 is 3.26 bits per heavy atom. The van der Waals surface area contributed by atoms with Crippen molar-refractivity contribution in [2.45, 2.75) is 18.4 Å². The van der Waals surface area contributed by atoms with E-state index in [2.05, 4.69) is 17.1 Å². The lowest BCUT2D eigenvalue weighted by Gasteiger charge is -2.23. The van der Waals surface area contributed by atoms with Crippen LogP contribution in [0.3, 0.4) is 0 Å². The second kappa shape index (κ2) is 5.10. The van der Waals surface area contributed by atoms with Crippen molar-refractivity contribution in [3.8, 4) is 5.75 Å². The van der Waals surface area contributed by atoms with Gasteiger partial charge in [0, 0.05) is 36.0 Å². The average Bonchev–Trinajstić information content (AvgIpc) is 3.11. The first-order valence-corrected chi connectivity index (χ1v) is 9.76. The third-order valence-electron chi connectivity index (χ3n) is 5.79. The molecule has 0 saturated heterocycles. The number of hydrogen-bond donors (Lipinski definition) is 0. The molecule has 1 amide bonds. The van der Waals surface area contributed by atoms with E-state index in [1.807, 2.05) is 24.4 Å². The number of thiophene rings is 1. The van der Waals surface area contributed by atoms with E-state index in [9.17, 15) is 4.79 Å². The molecule has 2 aromatic heterocycles. The summed E-state index contributed by atoms with van der Waals surface area (Å²) in [6, 6.07) is 1.85. The van der Waals surface area contributed by atoms with Gasteiger partial charge < -0.3 is 9.47 Å². The molecule has 6 rings (SSSR count). The highest BCUT2D eigenvalue weighted by atomic mass is 32.1. The van der Waals surface area contributed by atoms with E-state index in [4.69, 9.17) is 9.47 Å². The number of hydrogen-bond acceptors (Lipinski definition) is 5. The minimum atomic E-state index is -0.151. The zero-order valence-corrected chi connectivity index (χ0v) is 15.5. The Hall–Kier alpha value is -2.86. The topological polar surface area (TPSA) is 51.7 Å². The molecule has 1 saturated carbocycles. The van der Waals surface area contributed by atoms with Crippen LogP contribution < -0.4 is 4.74 Å². The largest absolute Gasteiger partial charge is 0.496 e. The number of ether oxygens (including phenoxy) is 2. The number of aromatic nitrogens is 1. The molecule has 4 heterocycles. The molecule has 0 bridgehead atoms. The molecular formula is C21H16N2O3S. The molecule has 1 spiro atoms. The van der Waals surface area contributed by atoms with Crippen LogP contribution in [0.5, 0.6) is 5.75 Å². The number of methoxy groups -OCH3 is 1. The van der Waals surface area contributed by atoms with Gasteiger partial charge in [-0.2, -0.15) is 0 Å². The predicted molar refractivity (Wildman–Crippen MR) is 102 cm³/mol. The van der Waals surface area contributed by atoms with Crippen molar-refractivity contribution in [1.82, 2.24) is 9.88 Å². The van der Waals surface area contributed by atoms with Gasteiger partial charge in [0.25, 0.3) is 5.91 Å². The van der Waals surface area contributed by atoms with Crippen LogP contribution in [0.4, 0.5) is 0 Å². The van der Waals surface area contributed by atoms with E-state index in [1.165, 1.54) is 11.3 Å². The fraction of sp³-hybridized carbons (Fsp3) is 0.238. The fourth-order valence-corrected chi connectivity index (χ4v) is 5.47. The molecule has 2 aromatic rings. The zero-order chi connectivity index (χ0) is 18.2. The van der Waals surface area contributed by atoms with Crippen molar-refractivity contribution >= 4 is 27.5 Å². The fourth-order valence-electron chi connectivity index (χ4n) is 4.35. The van der Waals surface area contributed by atoms with Gasteiger partial charge in [-0.15, -0.1) is 11.3 Å². The predicted octanol–water partition coefficient (Wildman–Crippen LogP) is 3.94. The van der Waals surface area contributed by atoms with Crippen LogP contribution in [-0.2, 0) is 11.2 Å². The number of allylic oxidation sites excluding steroid dienone is 2. The van der Waals surface area contributed by atoms with Crippen LogP contribution in [0.1, 0.15) is 21.7 Å². The Kier molecular flexibility index (Phi) is 2.88. The quantitative estimate of drug-likeness (QED) is 0.797. The van der Waals surface area contributed by atoms with Gasteiger partial charge >= 0.3 is 0 Å². The molecule has 2 unspecified atom stereocenters. The molecule has 2 atom stereocenters. The lowest BCUT2D eigenvalue weighted by atomic mass is 10.00. The lowest BCUT2D eigenvalue weighted by Crippen LogP contribution is -2.26. The van der Waals surface area contributed by atoms with E-state index in [0.717, 1.165) is 44.1 Å². The lowest BCUT2D eigenvalue weighted by molar-refractivity contribution is 0.0864. The van der Waals surface area contributed by atoms with Crippen molar-refractivity contribution in [2.75, 3.05) is 7.11 Å². The number of amides is 1. The van der Waals surface area contributed by atoms with Gasteiger partial charge in [0.15, 0.2) is 0 Å². The minimum absolute atomic E-state index is 0.0112. The number of pyridine rings is 1. The number of nitrogens with zero attached hydrogens (tertiary/aromatic N) is 2. The molecule has 2 aliphatic heterocycles. The van der Waals surface area contributed by atoms with Crippen molar-refractivity contribution in [2.24, 2.45) is 5.92 Å². The summed E-state index contributed by atoms with van der Waals surface area (Å²) in [6.45, 7) is 0. The van der Waals surface area contributed by atoms with Gasteiger partial charge in [-0.05, 0) is 30.2 Å². The summed E-state index contributed by atoms with van der Waals surface area (Å²) in [6.07, 6.45) is 15.3. The maximum atomic E-state index is 13.4. The Labute approximate surface area is 159 Å². The Balaban J connectivity index is 1.46. The number of rotatable bonds is 2. The van der Waals surface area contributed by atoms with Crippen molar-refractivity contribution in [3.63, 3.8) is 0 Å². The third-order valence-corrected chi connectivity index (χ3v) is 6.92. The second-order valence-corrected chi connectivity index (χ2v) is 8.18. The maximum absolute atomic E-state index is 13.4. The SMILES string of the molecule is COc1ccnc2sc3c(c12)CC=CN(C1=CC2CC24OC=CC4=C1)C3=O. The molecule has 2 aliphatic carbocycles. The van der Waals surface area contributed by atoms with Gasteiger partial charge in [-0.25, -0.2) is 4.98 Å². The molecule has 4 aliphatic rings. The summed E-state index contributed by atoms with van der Waals surface area (Å²) < 4.78 is 11.3.